The van der Waals surface area contributed by atoms with Crippen LogP contribution in [0.15, 0.2) is 4.52 Å². The number of likely N-dealkylation sites (tertiary alicyclic amines) is 1. The zero-order valence-corrected chi connectivity index (χ0v) is 13.5. The van der Waals surface area contributed by atoms with Gasteiger partial charge in [0.1, 0.15) is 5.75 Å². The van der Waals surface area contributed by atoms with Crippen LogP contribution in [0.4, 0.5) is 0 Å². The zero-order valence-electron chi connectivity index (χ0n) is 12.7. The molecule has 2 aliphatic rings. The summed E-state index contributed by atoms with van der Waals surface area (Å²) >= 11 is 0. The molecule has 0 unspecified atom stereocenters. The maximum absolute atomic E-state index is 12.5. The Morgan fingerprint density at radius 3 is 2.64 bits per heavy atom. The number of rotatable bonds is 4. The minimum Gasteiger partial charge on any atom is -0.340 e. The highest BCUT2D eigenvalue weighted by Gasteiger charge is 2.37. The Labute approximate surface area is 130 Å². The smallest absolute Gasteiger partial charge is 0.238 e. The molecule has 2 fully saturated rings. The van der Waals surface area contributed by atoms with Gasteiger partial charge in [-0.15, -0.1) is 0 Å². The third-order valence-electron chi connectivity index (χ3n) is 4.55. The summed E-state index contributed by atoms with van der Waals surface area (Å²) in [6.07, 6.45) is 4.81. The molecule has 0 radical (unpaired) electrons. The van der Waals surface area contributed by atoms with E-state index in [1.807, 2.05) is 0 Å². The van der Waals surface area contributed by atoms with Gasteiger partial charge in [0, 0.05) is 13.5 Å². The first-order chi connectivity index (χ1) is 10.5. The molecular weight excluding hydrogens is 306 g/mol. The lowest BCUT2D eigenvalue weighted by atomic mass is 10.2. The van der Waals surface area contributed by atoms with E-state index in [0.29, 0.717) is 31.1 Å². The van der Waals surface area contributed by atoms with Crippen molar-refractivity contribution in [3.63, 3.8) is 0 Å². The molecule has 1 saturated heterocycles. The van der Waals surface area contributed by atoms with Gasteiger partial charge in [0.15, 0.2) is 15.7 Å². The maximum atomic E-state index is 12.5. The molecule has 1 atom stereocenters. The molecule has 3 rings (SSSR count). The molecular formula is C14H21N3O4S. The van der Waals surface area contributed by atoms with Crippen molar-refractivity contribution in [1.82, 2.24) is 15.0 Å². The average molecular weight is 327 g/mol. The van der Waals surface area contributed by atoms with Crippen LogP contribution < -0.4 is 0 Å². The van der Waals surface area contributed by atoms with Crippen molar-refractivity contribution >= 4 is 15.7 Å². The topological polar surface area (TPSA) is 93.4 Å². The summed E-state index contributed by atoms with van der Waals surface area (Å²) in [5, 5.41) is 3.53. The van der Waals surface area contributed by atoms with Crippen LogP contribution in [0.5, 0.6) is 0 Å². The highest BCUT2D eigenvalue weighted by atomic mass is 32.2. The van der Waals surface area contributed by atoms with E-state index < -0.39 is 15.6 Å². The second kappa shape index (κ2) is 5.98. The van der Waals surface area contributed by atoms with Crippen molar-refractivity contribution in [2.75, 3.05) is 12.3 Å². The van der Waals surface area contributed by atoms with E-state index in [1.54, 1.807) is 11.8 Å². The van der Waals surface area contributed by atoms with Crippen molar-refractivity contribution in [2.45, 2.75) is 56.7 Å². The second-order valence-electron chi connectivity index (χ2n) is 6.13. The number of hydrogen-bond donors (Lipinski definition) is 0. The summed E-state index contributed by atoms with van der Waals surface area (Å²) in [5.74, 6) is 0.191. The number of aryl methyl sites for hydroxylation is 1. The average Bonchev–Trinajstić information content (AvgIpc) is 3.19. The molecule has 22 heavy (non-hydrogen) atoms. The van der Waals surface area contributed by atoms with Crippen LogP contribution in [-0.2, 0) is 14.6 Å². The van der Waals surface area contributed by atoms with Gasteiger partial charge in [0.25, 0.3) is 0 Å². The van der Waals surface area contributed by atoms with Crippen LogP contribution in [0, 0.1) is 6.92 Å². The summed E-state index contributed by atoms with van der Waals surface area (Å²) in [6, 6.07) is -0.260. The van der Waals surface area contributed by atoms with Gasteiger partial charge >= 0.3 is 0 Å². The van der Waals surface area contributed by atoms with Crippen LogP contribution in [0.3, 0.4) is 0 Å². The van der Waals surface area contributed by atoms with Crippen LogP contribution >= 0.6 is 0 Å². The monoisotopic (exact) mass is 327 g/mol. The highest BCUT2D eigenvalue weighted by molar-refractivity contribution is 7.92. The molecule has 0 spiro atoms. The van der Waals surface area contributed by atoms with Crippen LogP contribution in [0.25, 0.3) is 0 Å². The number of amides is 1. The van der Waals surface area contributed by atoms with Gasteiger partial charge in [-0.1, -0.05) is 18.0 Å². The zero-order chi connectivity index (χ0) is 15.7. The van der Waals surface area contributed by atoms with Gasteiger partial charge in [0.2, 0.25) is 11.8 Å². The molecule has 122 valence electrons. The van der Waals surface area contributed by atoms with Crippen molar-refractivity contribution < 1.29 is 17.7 Å². The molecule has 1 saturated carbocycles. The van der Waals surface area contributed by atoms with Gasteiger partial charge < -0.3 is 9.42 Å². The van der Waals surface area contributed by atoms with E-state index in [4.69, 9.17) is 4.52 Å². The molecule has 7 nitrogen and oxygen atoms in total. The van der Waals surface area contributed by atoms with Gasteiger partial charge in [-0.3, -0.25) is 4.79 Å². The minimum atomic E-state index is -3.35. The van der Waals surface area contributed by atoms with Crippen molar-refractivity contribution in [3.8, 4) is 0 Å². The van der Waals surface area contributed by atoms with E-state index in [9.17, 15) is 13.2 Å². The Kier molecular flexibility index (Phi) is 4.20. The number of hydrogen-bond acceptors (Lipinski definition) is 6. The Hall–Kier alpha value is -1.44. The fourth-order valence-electron chi connectivity index (χ4n) is 3.40. The molecule has 8 heteroatoms. The first-order valence-corrected chi connectivity index (χ1v) is 9.50. The quantitative estimate of drug-likeness (QED) is 0.830. The molecule has 1 aliphatic carbocycles. The molecule has 0 N–H and O–H groups in total. The molecule has 0 bridgehead atoms. The number of aromatic nitrogens is 2. The SMILES string of the molecule is Cc1nc([C@@H]2CCCN2C(=O)CS(=O)(=O)C2CCCC2)no1. The fourth-order valence-corrected chi connectivity index (χ4v) is 5.20. The van der Waals surface area contributed by atoms with Gasteiger partial charge in [-0.25, -0.2) is 8.42 Å². The predicted octanol–water partition coefficient (Wildman–Crippen LogP) is 1.40. The van der Waals surface area contributed by atoms with Crippen LogP contribution in [0.2, 0.25) is 0 Å². The standard InChI is InChI=1S/C14H21N3O4S/c1-10-15-14(16-21-10)12-7-4-8-17(12)13(18)9-22(19,20)11-5-2-3-6-11/h11-12H,2-9H2,1H3/t12-/m0/s1. The van der Waals surface area contributed by atoms with Crippen LogP contribution in [0.1, 0.15) is 56.3 Å². The first kappa shape index (κ1) is 15.5. The Morgan fingerprint density at radius 1 is 1.27 bits per heavy atom. The summed E-state index contributed by atoms with van der Waals surface area (Å²) in [6.45, 7) is 2.25. The van der Waals surface area contributed by atoms with Crippen molar-refractivity contribution in [1.29, 1.82) is 0 Å². The lowest BCUT2D eigenvalue weighted by molar-refractivity contribution is -0.129. The number of nitrogens with zero attached hydrogens (tertiary/aromatic N) is 3. The Morgan fingerprint density at radius 2 is 2.00 bits per heavy atom. The normalized spacial score (nSPS) is 23.3. The summed E-state index contributed by atoms with van der Waals surface area (Å²) in [5.41, 5.74) is 0. The molecule has 1 aromatic heterocycles. The third-order valence-corrected chi connectivity index (χ3v) is 6.69. The summed E-state index contributed by atoms with van der Waals surface area (Å²) in [4.78, 5) is 18.2. The molecule has 1 aliphatic heterocycles. The predicted molar refractivity (Wildman–Crippen MR) is 78.8 cm³/mol. The van der Waals surface area contributed by atoms with Crippen molar-refractivity contribution in [2.24, 2.45) is 0 Å². The van der Waals surface area contributed by atoms with E-state index in [1.165, 1.54) is 0 Å². The van der Waals surface area contributed by atoms with E-state index in [0.717, 1.165) is 25.7 Å². The van der Waals surface area contributed by atoms with Gasteiger partial charge in [-0.2, -0.15) is 4.98 Å². The second-order valence-corrected chi connectivity index (χ2v) is 8.41. The van der Waals surface area contributed by atoms with Crippen LogP contribution in [-0.4, -0.2) is 46.9 Å². The van der Waals surface area contributed by atoms with E-state index >= 15 is 0 Å². The van der Waals surface area contributed by atoms with Gasteiger partial charge in [0.05, 0.1) is 11.3 Å². The van der Waals surface area contributed by atoms with Crippen molar-refractivity contribution in [3.05, 3.63) is 11.7 Å². The molecule has 1 aromatic rings. The number of carbonyl (C=O) groups excluding carboxylic acids is 1. The highest BCUT2D eigenvalue weighted by Crippen LogP contribution is 2.31. The van der Waals surface area contributed by atoms with E-state index in [2.05, 4.69) is 10.1 Å². The number of carbonyl (C=O) groups is 1. The summed E-state index contributed by atoms with van der Waals surface area (Å²) < 4.78 is 29.7. The molecule has 2 heterocycles. The maximum Gasteiger partial charge on any atom is 0.238 e. The molecule has 1 amide bonds. The lowest BCUT2D eigenvalue weighted by Gasteiger charge is -2.23. The first-order valence-electron chi connectivity index (χ1n) is 7.78. The third kappa shape index (κ3) is 3.02. The molecule has 0 aromatic carbocycles. The lowest BCUT2D eigenvalue weighted by Crippen LogP contribution is -2.38. The Bertz CT molecular complexity index is 649. The minimum absolute atomic E-state index is 0.260. The summed E-state index contributed by atoms with van der Waals surface area (Å²) in [7, 11) is -3.35. The van der Waals surface area contributed by atoms with E-state index in [-0.39, 0.29) is 17.2 Å². The number of sulfone groups is 1. The van der Waals surface area contributed by atoms with Gasteiger partial charge in [-0.05, 0) is 25.7 Å². The Balaban J connectivity index is 1.71. The fraction of sp³-hybridized carbons (Fsp3) is 0.786. The largest absolute Gasteiger partial charge is 0.340 e.